The van der Waals surface area contributed by atoms with E-state index in [1.807, 2.05) is 12.1 Å². The number of hydrogen-bond donors (Lipinski definition) is 2. The minimum Gasteiger partial charge on any atom is -0.350 e. The summed E-state index contributed by atoms with van der Waals surface area (Å²) in [6.07, 6.45) is 2.61. The van der Waals surface area contributed by atoms with Gasteiger partial charge in [-0.3, -0.25) is 9.59 Å². The summed E-state index contributed by atoms with van der Waals surface area (Å²) in [7, 11) is 1.66. The summed E-state index contributed by atoms with van der Waals surface area (Å²) in [5.74, 6) is -0.220. The molecule has 22 heavy (non-hydrogen) atoms. The predicted octanol–water partition coefficient (Wildman–Crippen LogP) is 1.00. The van der Waals surface area contributed by atoms with Crippen LogP contribution in [0.15, 0.2) is 47.4 Å². The average molecular weight is 297 g/mol. The van der Waals surface area contributed by atoms with Gasteiger partial charge in [-0.25, -0.2) is 0 Å². The zero-order valence-electron chi connectivity index (χ0n) is 12.5. The number of aromatic nitrogens is 1. The van der Waals surface area contributed by atoms with Gasteiger partial charge in [-0.2, -0.15) is 0 Å². The molecule has 1 aliphatic heterocycles. The highest BCUT2D eigenvalue weighted by molar-refractivity contribution is 5.94. The summed E-state index contributed by atoms with van der Waals surface area (Å²) in [6.45, 7) is 1.41. The molecule has 0 radical (unpaired) electrons. The molecule has 1 atom stereocenters. The molecule has 0 aliphatic carbocycles. The Morgan fingerprint density at radius 3 is 3.00 bits per heavy atom. The third-order valence-electron chi connectivity index (χ3n) is 4.05. The molecule has 1 unspecified atom stereocenters. The highest BCUT2D eigenvalue weighted by atomic mass is 16.2. The Bertz CT molecular complexity index is 752. The van der Waals surface area contributed by atoms with Crippen molar-refractivity contribution in [1.29, 1.82) is 0 Å². The van der Waals surface area contributed by atoms with Crippen molar-refractivity contribution in [1.82, 2.24) is 15.2 Å². The fourth-order valence-corrected chi connectivity index (χ4v) is 2.76. The fourth-order valence-electron chi connectivity index (χ4n) is 2.76. The van der Waals surface area contributed by atoms with Crippen LogP contribution < -0.4 is 16.2 Å². The average Bonchev–Trinajstić information content (AvgIpc) is 2.55. The summed E-state index contributed by atoms with van der Waals surface area (Å²) >= 11 is 0. The smallest absolute Gasteiger partial charge is 0.251 e. The van der Waals surface area contributed by atoms with E-state index in [0.717, 1.165) is 13.0 Å². The van der Waals surface area contributed by atoms with Gasteiger partial charge in [0.25, 0.3) is 11.5 Å². The summed E-state index contributed by atoms with van der Waals surface area (Å²) in [6, 6.07) is 11.4. The second-order valence-corrected chi connectivity index (χ2v) is 5.53. The molecule has 2 N–H and O–H groups in total. The minimum atomic E-state index is -0.220. The van der Waals surface area contributed by atoms with E-state index in [2.05, 4.69) is 22.8 Å². The number of amides is 1. The van der Waals surface area contributed by atoms with Gasteiger partial charge in [0.1, 0.15) is 0 Å². The normalized spacial score (nSPS) is 16.9. The first kappa shape index (κ1) is 14.5. The van der Waals surface area contributed by atoms with Gasteiger partial charge in [-0.05, 0) is 30.2 Å². The molecule has 2 aromatic rings. The lowest BCUT2D eigenvalue weighted by Gasteiger charge is -2.27. The van der Waals surface area contributed by atoms with Crippen LogP contribution in [-0.4, -0.2) is 23.6 Å². The molecule has 1 amide bonds. The highest BCUT2D eigenvalue weighted by Crippen LogP contribution is 2.21. The number of benzene rings is 1. The van der Waals surface area contributed by atoms with E-state index in [4.69, 9.17) is 0 Å². The number of aryl methyl sites for hydroxylation is 1. The molecule has 0 spiro atoms. The highest BCUT2D eigenvalue weighted by Gasteiger charge is 2.19. The van der Waals surface area contributed by atoms with Crippen molar-refractivity contribution in [3.63, 3.8) is 0 Å². The maximum absolute atomic E-state index is 12.2. The van der Waals surface area contributed by atoms with E-state index in [-0.39, 0.29) is 17.5 Å². The first-order chi connectivity index (χ1) is 10.6. The Kier molecular flexibility index (Phi) is 4.06. The Labute approximate surface area is 129 Å². The van der Waals surface area contributed by atoms with Crippen LogP contribution >= 0.6 is 0 Å². The largest absolute Gasteiger partial charge is 0.350 e. The molecular formula is C17H19N3O2. The molecular weight excluding hydrogens is 278 g/mol. The predicted molar refractivity (Wildman–Crippen MR) is 84.9 cm³/mol. The lowest BCUT2D eigenvalue weighted by atomic mass is 9.94. The quantitative estimate of drug-likeness (QED) is 0.888. The number of pyridine rings is 1. The zero-order valence-corrected chi connectivity index (χ0v) is 12.5. The van der Waals surface area contributed by atoms with Gasteiger partial charge >= 0.3 is 0 Å². The van der Waals surface area contributed by atoms with Crippen molar-refractivity contribution in [2.75, 3.05) is 13.1 Å². The second-order valence-electron chi connectivity index (χ2n) is 5.53. The molecule has 1 aromatic carbocycles. The van der Waals surface area contributed by atoms with Gasteiger partial charge in [0.15, 0.2) is 0 Å². The molecule has 0 saturated carbocycles. The third kappa shape index (κ3) is 2.94. The van der Waals surface area contributed by atoms with Crippen LogP contribution in [0, 0.1) is 0 Å². The topological polar surface area (TPSA) is 63.1 Å². The molecule has 5 heteroatoms. The lowest BCUT2D eigenvalue weighted by Crippen LogP contribution is -2.39. The van der Waals surface area contributed by atoms with E-state index in [9.17, 15) is 9.59 Å². The summed E-state index contributed by atoms with van der Waals surface area (Å²) in [5.41, 5.74) is 2.77. The fraction of sp³-hybridized carbons (Fsp3) is 0.294. The summed E-state index contributed by atoms with van der Waals surface area (Å²) in [5, 5.41) is 6.33. The molecule has 2 heterocycles. The van der Waals surface area contributed by atoms with Gasteiger partial charge in [-0.1, -0.05) is 24.3 Å². The maximum Gasteiger partial charge on any atom is 0.251 e. The number of rotatable bonds is 3. The van der Waals surface area contributed by atoms with Crippen LogP contribution in [0.5, 0.6) is 0 Å². The summed E-state index contributed by atoms with van der Waals surface area (Å²) < 4.78 is 1.44. The minimum absolute atomic E-state index is 0.112. The van der Waals surface area contributed by atoms with Crippen molar-refractivity contribution in [2.24, 2.45) is 7.05 Å². The zero-order chi connectivity index (χ0) is 15.5. The molecule has 114 valence electrons. The molecule has 5 nitrogen and oxygen atoms in total. The molecule has 0 fully saturated rings. The standard InChI is InChI=1S/C17H19N3O2/c1-20-9-7-13(10-16(20)21)17(22)19-11-15-14-5-3-2-4-12(14)6-8-18-15/h2-5,7,9-10,15,18H,6,8,11H2,1H3,(H,19,22). The monoisotopic (exact) mass is 297 g/mol. The maximum atomic E-state index is 12.2. The van der Waals surface area contributed by atoms with Crippen molar-refractivity contribution in [2.45, 2.75) is 12.5 Å². The van der Waals surface area contributed by atoms with Crippen LogP contribution in [0.1, 0.15) is 27.5 Å². The Morgan fingerprint density at radius 1 is 1.36 bits per heavy atom. The van der Waals surface area contributed by atoms with Crippen molar-refractivity contribution in [3.05, 3.63) is 69.6 Å². The van der Waals surface area contributed by atoms with Crippen LogP contribution in [0.2, 0.25) is 0 Å². The molecule has 0 bridgehead atoms. The van der Waals surface area contributed by atoms with Gasteiger partial charge < -0.3 is 15.2 Å². The molecule has 3 rings (SSSR count). The van der Waals surface area contributed by atoms with Gasteiger partial charge in [-0.15, -0.1) is 0 Å². The first-order valence-electron chi connectivity index (χ1n) is 7.41. The second kappa shape index (κ2) is 6.15. The number of carbonyl (C=O) groups excluding carboxylic acids is 1. The van der Waals surface area contributed by atoms with E-state index in [1.54, 1.807) is 19.3 Å². The third-order valence-corrected chi connectivity index (χ3v) is 4.05. The van der Waals surface area contributed by atoms with Crippen LogP contribution in [0.25, 0.3) is 0 Å². The molecule has 1 aliphatic rings. The number of nitrogens with zero attached hydrogens (tertiary/aromatic N) is 1. The van der Waals surface area contributed by atoms with E-state index in [0.29, 0.717) is 12.1 Å². The van der Waals surface area contributed by atoms with Gasteiger partial charge in [0, 0.05) is 37.5 Å². The van der Waals surface area contributed by atoms with E-state index < -0.39 is 0 Å². The molecule has 0 saturated heterocycles. The number of carbonyl (C=O) groups is 1. The van der Waals surface area contributed by atoms with Crippen molar-refractivity contribution >= 4 is 5.91 Å². The van der Waals surface area contributed by atoms with Crippen molar-refractivity contribution in [3.8, 4) is 0 Å². The molecule has 1 aromatic heterocycles. The van der Waals surface area contributed by atoms with Crippen molar-refractivity contribution < 1.29 is 4.79 Å². The van der Waals surface area contributed by atoms with Crippen LogP contribution in [0.4, 0.5) is 0 Å². The number of hydrogen-bond acceptors (Lipinski definition) is 3. The van der Waals surface area contributed by atoms with Crippen LogP contribution in [0.3, 0.4) is 0 Å². The van der Waals surface area contributed by atoms with Gasteiger partial charge in [0.05, 0.1) is 0 Å². The van der Waals surface area contributed by atoms with E-state index >= 15 is 0 Å². The Hall–Kier alpha value is -2.40. The Morgan fingerprint density at radius 2 is 2.18 bits per heavy atom. The van der Waals surface area contributed by atoms with Crippen LogP contribution in [-0.2, 0) is 13.5 Å². The summed E-state index contributed by atoms with van der Waals surface area (Å²) in [4.78, 5) is 23.8. The number of fused-ring (bicyclic) bond motifs is 1. The number of nitrogens with one attached hydrogen (secondary N) is 2. The Balaban J connectivity index is 1.69. The lowest BCUT2D eigenvalue weighted by molar-refractivity contribution is 0.0949. The first-order valence-corrected chi connectivity index (χ1v) is 7.41. The van der Waals surface area contributed by atoms with Gasteiger partial charge in [0.2, 0.25) is 0 Å². The van der Waals surface area contributed by atoms with E-state index in [1.165, 1.54) is 21.8 Å². The SMILES string of the molecule is Cn1ccc(C(=O)NCC2NCCc3ccccc32)cc1=O.